The van der Waals surface area contributed by atoms with Crippen molar-refractivity contribution >= 4 is 33.2 Å². The number of aryl methyl sites for hydroxylation is 1. The number of rotatable bonds is 3. The molecule has 0 unspecified atom stereocenters. The number of nitrogens with zero attached hydrogens (tertiary/aromatic N) is 1. The summed E-state index contributed by atoms with van der Waals surface area (Å²) in [5.41, 5.74) is 2.61. The molecule has 5 heteroatoms. The summed E-state index contributed by atoms with van der Waals surface area (Å²) in [6, 6.07) is 8.13. The summed E-state index contributed by atoms with van der Waals surface area (Å²) in [4.78, 5) is 16.6. The quantitative estimate of drug-likeness (QED) is 0.803. The van der Waals surface area contributed by atoms with E-state index in [0.717, 1.165) is 16.9 Å². The van der Waals surface area contributed by atoms with Crippen LogP contribution in [0.2, 0.25) is 0 Å². The summed E-state index contributed by atoms with van der Waals surface area (Å²) in [6.45, 7) is 2.11. The van der Waals surface area contributed by atoms with Gasteiger partial charge in [0, 0.05) is 0 Å². The van der Waals surface area contributed by atoms with Crippen molar-refractivity contribution < 1.29 is 9.53 Å². The number of methoxy groups -OCH3 is 1. The molecule has 2 rings (SSSR count). The zero-order valence-corrected chi connectivity index (χ0v) is 12.5. The number of hydrogen-bond acceptors (Lipinski definition) is 4. The van der Waals surface area contributed by atoms with E-state index in [9.17, 15) is 4.79 Å². The first-order valence-corrected chi connectivity index (χ1v) is 7.10. The van der Waals surface area contributed by atoms with Crippen molar-refractivity contribution in [3.05, 3.63) is 39.4 Å². The number of aromatic nitrogens is 1. The van der Waals surface area contributed by atoms with Crippen molar-refractivity contribution in [3.8, 4) is 10.4 Å². The Balaban J connectivity index is 2.45. The van der Waals surface area contributed by atoms with Gasteiger partial charge in [0.15, 0.2) is 9.61 Å². The molecule has 0 atom stereocenters. The summed E-state index contributed by atoms with van der Waals surface area (Å²) >= 11 is 4.73. The second-order valence-electron chi connectivity index (χ2n) is 3.69. The van der Waals surface area contributed by atoms with Crippen molar-refractivity contribution in [1.29, 1.82) is 0 Å². The third-order valence-corrected chi connectivity index (χ3v) is 4.16. The van der Waals surface area contributed by atoms with Gasteiger partial charge in [-0.3, -0.25) is 0 Å². The van der Waals surface area contributed by atoms with Crippen molar-refractivity contribution in [3.63, 3.8) is 0 Å². The van der Waals surface area contributed by atoms with E-state index < -0.39 is 5.97 Å². The van der Waals surface area contributed by atoms with Gasteiger partial charge in [-0.25, -0.2) is 9.78 Å². The van der Waals surface area contributed by atoms with Crippen LogP contribution in [0.4, 0.5) is 0 Å². The maximum Gasteiger partial charge on any atom is 0.358 e. The van der Waals surface area contributed by atoms with Crippen LogP contribution in [-0.4, -0.2) is 18.1 Å². The van der Waals surface area contributed by atoms with Crippen LogP contribution in [0.25, 0.3) is 10.4 Å². The van der Waals surface area contributed by atoms with Gasteiger partial charge in [-0.05, 0) is 33.5 Å². The highest BCUT2D eigenvalue weighted by Crippen LogP contribution is 2.33. The third kappa shape index (κ3) is 2.62. The second-order valence-corrected chi connectivity index (χ2v) is 5.96. The highest BCUT2D eigenvalue weighted by Gasteiger charge is 2.19. The minimum Gasteiger partial charge on any atom is -0.464 e. The van der Waals surface area contributed by atoms with Crippen molar-refractivity contribution in [2.45, 2.75) is 13.3 Å². The molecule has 1 aromatic heterocycles. The minimum atomic E-state index is -0.411. The zero-order chi connectivity index (χ0) is 13.1. The molecular weight excluding hydrogens is 314 g/mol. The Morgan fingerprint density at radius 2 is 2.06 bits per heavy atom. The molecule has 94 valence electrons. The molecule has 0 bridgehead atoms. The maximum absolute atomic E-state index is 11.6. The molecule has 0 spiro atoms. The van der Waals surface area contributed by atoms with Gasteiger partial charge in [0.25, 0.3) is 0 Å². The molecule has 18 heavy (non-hydrogen) atoms. The smallest absolute Gasteiger partial charge is 0.358 e. The monoisotopic (exact) mass is 325 g/mol. The first-order valence-electron chi connectivity index (χ1n) is 5.49. The lowest BCUT2D eigenvalue weighted by Gasteiger charge is -2.02. The van der Waals surface area contributed by atoms with E-state index in [1.807, 2.05) is 12.1 Å². The van der Waals surface area contributed by atoms with Crippen LogP contribution in [0.1, 0.15) is 23.0 Å². The Bertz CT molecular complexity index is 563. The molecule has 2 aromatic rings. The van der Waals surface area contributed by atoms with Crippen molar-refractivity contribution in [2.24, 2.45) is 0 Å². The molecular formula is C13H12BrNO2S. The van der Waals surface area contributed by atoms with Gasteiger partial charge < -0.3 is 4.74 Å². The van der Waals surface area contributed by atoms with E-state index in [1.54, 1.807) is 0 Å². The molecule has 1 heterocycles. The van der Waals surface area contributed by atoms with Crippen LogP contribution in [0, 0.1) is 0 Å². The number of esters is 1. The van der Waals surface area contributed by atoms with E-state index in [0.29, 0.717) is 9.61 Å². The highest BCUT2D eigenvalue weighted by atomic mass is 79.9. The van der Waals surface area contributed by atoms with Gasteiger partial charge in [0.2, 0.25) is 0 Å². The molecule has 3 nitrogen and oxygen atoms in total. The molecule has 0 N–H and O–H groups in total. The third-order valence-electron chi connectivity index (χ3n) is 2.60. The van der Waals surface area contributed by atoms with Gasteiger partial charge in [0.05, 0.1) is 12.0 Å². The van der Waals surface area contributed by atoms with Crippen LogP contribution >= 0.6 is 27.3 Å². The molecule has 0 radical (unpaired) electrons. The number of hydrogen-bond donors (Lipinski definition) is 0. The Morgan fingerprint density at radius 3 is 2.61 bits per heavy atom. The fourth-order valence-corrected chi connectivity index (χ4v) is 3.06. The Labute approximate surface area is 118 Å². The molecule has 0 saturated heterocycles. The molecule has 0 aliphatic rings. The van der Waals surface area contributed by atoms with Crippen molar-refractivity contribution in [1.82, 2.24) is 4.98 Å². The number of carbonyl (C=O) groups excluding carboxylic acids is 1. The number of benzene rings is 1. The van der Waals surface area contributed by atoms with Gasteiger partial charge in [0.1, 0.15) is 0 Å². The molecule has 0 aliphatic heterocycles. The van der Waals surface area contributed by atoms with Crippen LogP contribution in [0.5, 0.6) is 0 Å². The van der Waals surface area contributed by atoms with Crippen LogP contribution in [0.3, 0.4) is 0 Å². The summed E-state index contributed by atoms with van der Waals surface area (Å²) in [5.74, 6) is -0.411. The van der Waals surface area contributed by atoms with Crippen molar-refractivity contribution in [2.75, 3.05) is 7.11 Å². The minimum absolute atomic E-state index is 0.360. The summed E-state index contributed by atoms with van der Waals surface area (Å²) in [6.07, 6.45) is 0.997. The van der Waals surface area contributed by atoms with E-state index in [4.69, 9.17) is 4.74 Å². The van der Waals surface area contributed by atoms with Gasteiger partial charge in [-0.1, -0.05) is 31.2 Å². The predicted octanol–water partition coefficient (Wildman–Crippen LogP) is 3.92. The van der Waals surface area contributed by atoms with E-state index in [1.165, 1.54) is 24.0 Å². The lowest BCUT2D eigenvalue weighted by Crippen LogP contribution is -2.03. The first kappa shape index (κ1) is 13.2. The summed E-state index contributed by atoms with van der Waals surface area (Å²) < 4.78 is 5.42. The second kappa shape index (κ2) is 5.63. The van der Waals surface area contributed by atoms with E-state index in [-0.39, 0.29) is 0 Å². The molecule has 1 aromatic carbocycles. The molecule has 0 fully saturated rings. The van der Waals surface area contributed by atoms with Gasteiger partial charge in [-0.15, -0.1) is 11.3 Å². The van der Waals surface area contributed by atoms with Crippen LogP contribution in [-0.2, 0) is 11.2 Å². The Hall–Kier alpha value is -1.20. The normalized spacial score (nSPS) is 10.4. The number of carbonyl (C=O) groups is 1. The average Bonchev–Trinajstić information content (AvgIpc) is 2.80. The number of halogens is 1. The molecule has 0 aliphatic carbocycles. The van der Waals surface area contributed by atoms with Crippen LogP contribution < -0.4 is 0 Å². The lowest BCUT2D eigenvalue weighted by molar-refractivity contribution is 0.0595. The number of ether oxygens (including phenoxy) is 1. The molecule has 0 saturated carbocycles. The largest absolute Gasteiger partial charge is 0.464 e. The predicted molar refractivity (Wildman–Crippen MR) is 76.0 cm³/mol. The lowest BCUT2D eigenvalue weighted by atomic mass is 10.1. The number of thiazole rings is 1. The van der Waals surface area contributed by atoms with Crippen LogP contribution in [0.15, 0.2) is 28.2 Å². The fraction of sp³-hybridized carbons (Fsp3) is 0.231. The highest BCUT2D eigenvalue weighted by molar-refractivity contribution is 9.11. The van der Waals surface area contributed by atoms with E-state index in [2.05, 4.69) is 40.0 Å². The fourth-order valence-electron chi connectivity index (χ4n) is 1.62. The SMILES string of the molecule is CCc1ccc(-c2sc(Br)nc2C(=O)OC)cc1. The maximum atomic E-state index is 11.6. The van der Waals surface area contributed by atoms with Gasteiger partial charge in [-0.2, -0.15) is 0 Å². The zero-order valence-electron chi connectivity index (χ0n) is 10.1. The summed E-state index contributed by atoms with van der Waals surface area (Å²) in [5, 5.41) is 0. The standard InChI is InChI=1S/C13H12BrNO2S/c1-3-8-4-6-9(7-5-8)11-10(12(16)17-2)15-13(14)18-11/h4-7H,3H2,1-2H3. The van der Waals surface area contributed by atoms with E-state index >= 15 is 0 Å². The average molecular weight is 326 g/mol. The first-order chi connectivity index (χ1) is 8.65. The topological polar surface area (TPSA) is 39.2 Å². The Kier molecular flexibility index (Phi) is 4.14. The molecule has 0 amide bonds. The van der Waals surface area contributed by atoms with Gasteiger partial charge >= 0.3 is 5.97 Å². The summed E-state index contributed by atoms with van der Waals surface area (Å²) in [7, 11) is 1.36. The Morgan fingerprint density at radius 1 is 1.39 bits per heavy atom.